The molecule has 0 heterocycles. The van der Waals surface area contributed by atoms with Crippen molar-refractivity contribution < 1.29 is 13.2 Å². The van der Waals surface area contributed by atoms with Crippen LogP contribution in [-0.2, 0) is 10.0 Å². The van der Waals surface area contributed by atoms with E-state index in [0.29, 0.717) is 0 Å². The van der Waals surface area contributed by atoms with Crippen LogP contribution in [0.25, 0.3) is 0 Å². The van der Waals surface area contributed by atoms with E-state index in [4.69, 9.17) is 11.6 Å². The Labute approximate surface area is 175 Å². The van der Waals surface area contributed by atoms with Gasteiger partial charge in [-0.1, -0.05) is 54.1 Å². The molecule has 0 unspecified atom stereocenters. The zero-order valence-electron chi connectivity index (χ0n) is 16.0. The number of carbonyl (C=O) groups excluding carboxylic acids is 1. The van der Waals surface area contributed by atoms with Crippen LogP contribution in [0.4, 0.5) is 5.69 Å². The van der Waals surface area contributed by atoms with Crippen molar-refractivity contribution in [3.05, 3.63) is 94.5 Å². The van der Waals surface area contributed by atoms with E-state index in [9.17, 15) is 13.2 Å². The molecule has 0 aliphatic rings. The van der Waals surface area contributed by atoms with Gasteiger partial charge in [0.2, 0.25) is 0 Å². The second kappa shape index (κ2) is 8.68. The monoisotopic (exact) mass is 428 g/mol. The first kappa shape index (κ1) is 20.9. The number of nitrogens with one attached hydrogen (secondary N) is 2. The maximum Gasteiger partial charge on any atom is 0.261 e. The summed E-state index contributed by atoms with van der Waals surface area (Å²) in [5.41, 5.74) is 2.65. The van der Waals surface area contributed by atoms with Crippen molar-refractivity contribution in [3.63, 3.8) is 0 Å². The molecule has 150 valence electrons. The molecule has 0 aliphatic heterocycles. The molecular weight excluding hydrogens is 408 g/mol. The maximum absolute atomic E-state index is 12.6. The first-order valence-corrected chi connectivity index (χ1v) is 10.9. The van der Waals surface area contributed by atoms with Gasteiger partial charge in [0, 0.05) is 0 Å². The lowest BCUT2D eigenvalue weighted by atomic mass is 10.0. The predicted molar refractivity (Wildman–Crippen MR) is 116 cm³/mol. The van der Waals surface area contributed by atoms with Crippen molar-refractivity contribution in [1.82, 2.24) is 5.32 Å². The van der Waals surface area contributed by atoms with E-state index in [1.54, 1.807) is 18.2 Å². The van der Waals surface area contributed by atoms with Crippen LogP contribution in [0.2, 0.25) is 5.02 Å². The summed E-state index contributed by atoms with van der Waals surface area (Å²) < 4.78 is 27.3. The summed E-state index contributed by atoms with van der Waals surface area (Å²) in [6.07, 6.45) is 0. The third-order valence-corrected chi connectivity index (χ3v) is 6.23. The lowest BCUT2D eigenvalue weighted by Gasteiger charge is -2.17. The second-order valence-corrected chi connectivity index (χ2v) is 8.75. The number of halogens is 1. The van der Waals surface area contributed by atoms with Gasteiger partial charge < -0.3 is 5.32 Å². The van der Waals surface area contributed by atoms with Crippen molar-refractivity contribution >= 4 is 33.2 Å². The molecule has 3 aromatic carbocycles. The summed E-state index contributed by atoms with van der Waals surface area (Å²) in [5.74, 6) is -0.330. The fraction of sp³-hybridized carbons (Fsp3) is 0.136. The molecule has 7 heteroatoms. The van der Waals surface area contributed by atoms with Gasteiger partial charge in [-0.3, -0.25) is 9.52 Å². The smallest absolute Gasteiger partial charge is 0.261 e. The lowest BCUT2D eigenvalue weighted by molar-refractivity contribution is 0.0940. The van der Waals surface area contributed by atoms with Crippen LogP contribution < -0.4 is 10.0 Å². The number of benzene rings is 3. The fourth-order valence-electron chi connectivity index (χ4n) is 3.00. The van der Waals surface area contributed by atoms with Crippen LogP contribution in [0.3, 0.4) is 0 Å². The van der Waals surface area contributed by atoms with Crippen molar-refractivity contribution in [2.75, 3.05) is 4.72 Å². The van der Waals surface area contributed by atoms with E-state index < -0.39 is 10.0 Å². The van der Waals surface area contributed by atoms with E-state index in [0.717, 1.165) is 11.1 Å². The van der Waals surface area contributed by atoms with Gasteiger partial charge in [0.25, 0.3) is 15.9 Å². The Kier molecular flexibility index (Phi) is 6.25. The summed E-state index contributed by atoms with van der Waals surface area (Å²) >= 11 is 6.26. The van der Waals surface area contributed by atoms with Gasteiger partial charge >= 0.3 is 0 Å². The van der Waals surface area contributed by atoms with E-state index in [2.05, 4.69) is 10.0 Å². The number of aryl methyl sites for hydroxylation is 1. The number of rotatable bonds is 6. The van der Waals surface area contributed by atoms with Crippen LogP contribution in [0.5, 0.6) is 0 Å². The first-order chi connectivity index (χ1) is 13.8. The molecule has 0 aromatic heterocycles. The Bertz CT molecular complexity index is 1130. The number of sulfonamides is 1. The molecule has 3 rings (SSSR count). The van der Waals surface area contributed by atoms with Crippen LogP contribution >= 0.6 is 11.6 Å². The third-order valence-electron chi connectivity index (χ3n) is 4.52. The summed E-state index contributed by atoms with van der Waals surface area (Å²) in [4.78, 5) is 12.8. The first-order valence-electron chi connectivity index (χ1n) is 9.02. The molecule has 3 aromatic rings. The minimum Gasteiger partial charge on any atom is -0.345 e. The number of carbonyl (C=O) groups is 1. The number of anilines is 1. The standard InChI is InChI=1S/C22H21ClN2O3S/c1-15-8-6-7-11-19(15)16(2)24-22(26)20-13-12-17(14-21(20)23)25-29(27,28)18-9-4-3-5-10-18/h3-14,16,25H,1-2H3,(H,24,26)/t16-/m1/s1. The Balaban J connectivity index is 1.75. The highest BCUT2D eigenvalue weighted by Gasteiger charge is 2.18. The molecule has 0 saturated heterocycles. The fourth-order valence-corrected chi connectivity index (χ4v) is 4.34. The minimum atomic E-state index is -3.73. The molecule has 2 N–H and O–H groups in total. The van der Waals surface area contributed by atoms with Crippen LogP contribution in [-0.4, -0.2) is 14.3 Å². The minimum absolute atomic E-state index is 0.144. The van der Waals surface area contributed by atoms with Gasteiger partial charge in [0.15, 0.2) is 0 Å². The summed E-state index contributed by atoms with van der Waals surface area (Å²) in [6, 6.07) is 20.1. The molecule has 0 spiro atoms. The van der Waals surface area contributed by atoms with Gasteiger partial charge in [0.1, 0.15) is 0 Å². The van der Waals surface area contributed by atoms with Crippen molar-refractivity contribution in [2.24, 2.45) is 0 Å². The quantitative estimate of drug-likeness (QED) is 0.583. The Hall–Kier alpha value is -2.83. The molecule has 0 bridgehead atoms. The SMILES string of the molecule is Cc1ccccc1[C@@H](C)NC(=O)c1ccc(NS(=O)(=O)c2ccccc2)cc1Cl. The molecular formula is C22H21ClN2O3S. The van der Waals surface area contributed by atoms with Crippen molar-refractivity contribution in [3.8, 4) is 0 Å². The van der Waals surface area contributed by atoms with Crippen LogP contribution in [0, 0.1) is 6.92 Å². The highest BCUT2D eigenvalue weighted by Crippen LogP contribution is 2.24. The molecule has 1 amide bonds. The molecule has 29 heavy (non-hydrogen) atoms. The molecule has 0 fully saturated rings. The predicted octanol–water partition coefficient (Wildman–Crippen LogP) is 4.94. The van der Waals surface area contributed by atoms with E-state index in [-0.39, 0.29) is 33.1 Å². The highest BCUT2D eigenvalue weighted by atomic mass is 35.5. The van der Waals surface area contributed by atoms with Crippen molar-refractivity contribution in [2.45, 2.75) is 24.8 Å². The molecule has 5 nitrogen and oxygen atoms in total. The molecule has 0 aliphatic carbocycles. The topological polar surface area (TPSA) is 75.3 Å². The van der Waals surface area contributed by atoms with E-state index >= 15 is 0 Å². The molecule has 0 radical (unpaired) electrons. The normalized spacial score (nSPS) is 12.2. The Morgan fingerprint density at radius 1 is 0.966 bits per heavy atom. The van der Waals surface area contributed by atoms with Crippen LogP contribution in [0.15, 0.2) is 77.7 Å². The molecule has 1 atom stereocenters. The largest absolute Gasteiger partial charge is 0.345 e. The lowest BCUT2D eigenvalue weighted by Crippen LogP contribution is -2.27. The van der Waals surface area contributed by atoms with Gasteiger partial charge in [-0.2, -0.15) is 0 Å². The average molecular weight is 429 g/mol. The van der Waals surface area contributed by atoms with Gasteiger partial charge in [-0.05, 0) is 55.3 Å². The summed E-state index contributed by atoms with van der Waals surface area (Å²) in [6.45, 7) is 3.88. The Morgan fingerprint density at radius 2 is 1.62 bits per heavy atom. The van der Waals surface area contributed by atoms with Gasteiger partial charge in [-0.15, -0.1) is 0 Å². The zero-order chi connectivity index (χ0) is 21.0. The van der Waals surface area contributed by atoms with Gasteiger partial charge in [-0.25, -0.2) is 8.42 Å². The van der Waals surface area contributed by atoms with Crippen molar-refractivity contribution in [1.29, 1.82) is 0 Å². The Morgan fingerprint density at radius 3 is 2.28 bits per heavy atom. The third kappa shape index (κ3) is 4.96. The highest BCUT2D eigenvalue weighted by molar-refractivity contribution is 7.92. The maximum atomic E-state index is 12.6. The number of amides is 1. The van der Waals surface area contributed by atoms with E-state index in [1.165, 1.54) is 30.3 Å². The summed E-state index contributed by atoms with van der Waals surface area (Å²) in [7, 11) is -3.73. The number of hydrogen-bond donors (Lipinski definition) is 2. The molecule has 0 saturated carbocycles. The second-order valence-electron chi connectivity index (χ2n) is 6.66. The van der Waals surface area contributed by atoms with Crippen LogP contribution in [0.1, 0.15) is 34.5 Å². The van der Waals surface area contributed by atoms with E-state index in [1.807, 2.05) is 38.1 Å². The number of hydrogen-bond acceptors (Lipinski definition) is 3. The zero-order valence-corrected chi connectivity index (χ0v) is 17.6. The summed E-state index contributed by atoms with van der Waals surface area (Å²) in [5, 5.41) is 3.09. The van der Waals surface area contributed by atoms with Gasteiger partial charge in [0.05, 0.1) is 27.2 Å². The average Bonchev–Trinajstić information content (AvgIpc) is 2.68.